The molecule has 0 bridgehead atoms. The first kappa shape index (κ1) is 25.3. The van der Waals surface area contributed by atoms with Crippen molar-refractivity contribution in [2.75, 3.05) is 18.2 Å². The highest BCUT2D eigenvalue weighted by molar-refractivity contribution is 7.99. The number of anilines is 1. The summed E-state index contributed by atoms with van der Waals surface area (Å²) < 4.78 is 6.63. The van der Waals surface area contributed by atoms with Crippen LogP contribution in [-0.4, -0.2) is 34.3 Å². The Hall–Kier alpha value is -2.95. The lowest BCUT2D eigenvalue weighted by Gasteiger charge is -2.13. The number of amides is 1. The first-order chi connectivity index (χ1) is 18.5. The number of methoxy groups -OCH3 is 1. The molecule has 2 aliphatic rings. The van der Waals surface area contributed by atoms with Gasteiger partial charge in [-0.25, -0.2) is 9.78 Å². The second-order valence-corrected chi connectivity index (χ2v) is 12.6. The van der Waals surface area contributed by atoms with E-state index in [0.717, 1.165) is 76.9 Å². The van der Waals surface area contributed by atoms with Gasteiger partial charge in [0.2, 0.25) is 5.91 Å². The van der Waals surface area contributed by atoms with Crippen molar-refractivity contribution in [1.82, 2.24) is 9.55 Å². The van der Waals surface area contributed by atoms with Crippen molar-refractivity contribution in [1.29, 1.82) is 0 Å². The zero-order valence-electron chi connectivity index (χ0n) is 21.0. The summed E-state index contributed by atoms with van der Waals surface area (Å²) in [6.45, 7) is 0. The average Bonchev–Trinajstić information content (AvgIpc) is 3.55. The number of esters is 1. The minimum Gasteiger partial charge on any atom is -0.465 e. The van der Waals surface area contributed by atoms with E-state index in [1.165, 1.54) is 41.5 Å². The number of hydrogen-bond donors (Lipinski definition) is 1. The van der Waals surface area contributed by atoms with Crippen molar-refractivity contribution in [3.05, 3.63) is 67.1 Å². The van der Waals surface area contributed by atoms with Crippen LogP contribution in [0.1, 0.15) is 56.9 Å². The van der Waals surface area contributed by atoms with Crippen LogP contribution < -0.4 is 10.9 Å². The Kier molecular flexibility index (Phi) is 7.11. The van der Waals surface area contributed by atoms with Crippen LogP contribution in [0.3, 0.4) is 0 Å². The number of aromatic nitrogens is 2. The number of carbonyl (C=O) groups excluding carboxylic acids is 2. The van der Waals surface area contributed by atoms with Gasteiger partial charge in [-0.3, -0.25) is 14.2 Å². The highest BCUT2D eigenvalue weighted by atomic mass is 32.2. The summed E-state index contributed by atoms with van der Waals surface area (Å²) >= 11 is 4.30. The molecular weight excluding hydrogens is 539 g/mol. The molecule has 1 aromatic carbocycles. The quantitative estimate of drug-likeness (QED) is 0.138. The van der Waals surface area contributed by atoms with E-state index in [1.54, 1.807) is 15.9 Å². The predicted octanol–water partition coefficient (Wildman–Crippen LogP) is 5.78. The van der Waals surface area contributed by atoms with Gasteiger partial charge in [-0.05, 0) is 68.2 Å². The van der Waals surface area contributed by atoms with E-state index in [9.17, 15) is 14.4 Å². The maximum atomic E-state index is 13.9. The minimum absolute atomic E-state index is 0.0546. The Balaban J connectivity index is 1.33. The SMILES string of the molecule is COC(=O)c1c(NC(=O)CSc2nc3sc4c(c3c(=O)n2-c2ccccc2)CCCCC4)sc2c1CCC2. The lowest BCUT2D eigenvalue weighted by molar-refractivity contribution is -0.113. The van der Waals surface area contributed by atoms with Crippen LogP contribution in [0.5, 0.6) is 0 Å². The summed E-state index contributed by atoms with van der Waals surface area (Å²) in [4.78, 5) is 47.5. The topological polar surface area (TPSA) is 90.3 Å². The third-order valence-corrected chi connectivity index (χ3v) is 10.5. The summed E-state index contributed by atoms with van der Waals surface area (Å²) in [5.41, 5.74) is 3.27. The Bertz CT molecular complexity index is 1600. The van der Waals surface area contributed by atoms with Crippen molar-refractivity contribution >= 4 is 61.5 Å². The van der Waals surface area contributed by atoms with E-state index in [-0.39, 0.29) is 17.2 Å². The summed E-state index contributed by atoms with van der Waals surface area (Å²) in [7, 11) is 1.36. The van der Waals surface area contributed by atoms with Gasteiger partial charge in [-0.2, -0.15) is 0 Å². The van der Waals surface area contributed by atoms with E-state index in [4.69, 9.17) is 9.72 Å². The molecule has 0 saturated heterocycles. The van der Waals surface area contributed by atoms with Crippen LogP contribution in [0.2, 0.25) is 0 Å². The normalized spacial score (nSPS) is 14.7. The third-order valence-electron chi connectivity index (χ3n) is 7.12. The molecule has 38 heavy (non-hydrogen) atoms. The number of nitrogens with one attached hydrogen (secondary N) is 1. The molecule has 1 N–H and O–H groups in total. The molecule has 10 heteroatoms. The molecule has 0 atom stereocenters. The molecule has 1 amide bonds. The Labute approximate surface area is 232 Å². The van der Waals surface area contributed by atoms with Crippen LogP contribution in [0.25, 0.3) is 15.9 Å². The first-order valence-electron chi connectivity index (χ1n) is 12.8. The zero-order valence-corrected chi connectivity index (χ0v) is 23.5. The van der Waals surface area contributed by atoms with E-state index in [0.29, 0.717) is 15.7 Å². The minimum atomic E-state index is -0.421. The number of benzene rings is 1. The van der Waals surface area contributed by atoms with E-state index in [2.05, 4.69) is 5.32 Å². The monoisotopic (exact) mass is 565 g/mol. The fourth-order valence-corrected chi connectivity index (χ4v) is 8.78. The molecular formula is C28H27N3O4S3. The average molecular weight is 566 g/mol. The van der Waals surface area contributed by atoms with Crippen molar-refractivity contribution in [3.63, 3.8) is 0 Å². The van der Waals surface area contributed by atoms with Gasteiger partial charge in [0.1, 0.15) is 9.83 Å². The van der Waals surface area contributed by atoms with Crippen molar-refractivity contribution < 1.29 is 14.3 Å². The van der Waals surface area contributed by atoms with Crippen LogP contribution in [0.15, 0.2) is 40.3 Å². The molecule has 0 spiro atoms. The van der Waals surface area contributed by atoms with Gasteiger partial charge in [0, 0.05) is 9.75 Å². The van der Waals surface area contributed by atoms with Crippen LogP contribution in [0.4, 0.5) is 5.00 Å². The fraction of sp³-hybridized carbons (Fsp3) is 0.357. The van der Waals surface area contributed by atoms with E-state index >= 15 is 0 Å². The molecule has 196 valence electrons. The maximum absolute atomic E-state index is 13.9. The standard InChI is InChI=1S/C28H27N3O4S3/c1-35-27(34)23-18-12-8-14-20(18)38-25(23)29-21(32)15-36-28-30-24-22(17-11-6-3-7-13-19(17)37-24)26(33)31(28)16-9-4-2-5-10-16/h2,4-5,9-10H,3,6-8,11-15H2,1H3,(H,29,32). The number of para-hydroxylation sites is 1. The molecule has 0 radical (unpaired) electrons. The van der Waals surface area contributed by atoms with Crippen molar-refractivity contribution in [2.45, 2.75) is 56.5 Å². The molecule has 6 rings (SSSR count). The van der Waals surface area contributed by atoms with Gasteiger partial charge in [-0.1, -0.05) is 36.4 Å². The van der Waals surface area contributed by atoms with Gasteiger partial charge in [0.05, 0.1) is 29.5 Å². The number of rotatable bonds is 6. The zero-order chi connectivity index (χ0) is 26.2. The van der Waals surface area contributed by atoms with Crippen molar-refractivity contribution in [3.8, 4) is 5.69 Å². The smallest absolute Gasteiger partial charge is 0.341 e. The molecule has 0 aliphatic heterocycles. The number of thiophene rings is 2. The summed E-state index contributed by atoms with van der Waals surface area (Å²) in [5.74, 6) is -0.621. The molecule has 7 nitrogen and oxygen atoms in total. The summed E-state index contributed by atoms with van der Waals surface area (Å²) in [5, 5.41) is 4.68. The molecule has 4 aromatic rings. The lowest BCUT2D eigenvalue weighted by Crippen LogP contribution is -2.23. The molecule has 0 fully saturated rings. The number of hydrogen-bond acceptors (Lipinski definition) is 8. The number of nitrogens with zero attached hydrogens (tertiary/aromatic N) is 2. The number of carbonyl (C=O) groups is 2. The predicted molar refractivity (Wildman–Crippen MR) is 154 cm³/mol. The Morgan fingerprint density at radius 2 is 1.74 bits per heavy atom. The number of ether oxygens (including phenoxy) is 1. The van der Waals surface area contributed by atoms with Crippen LogP contribution >= 0.6 is 34.4 Å². The summed E-state index contributed by atoms with van der Waals surface area (Å²) in [6.07, 6.45) is 8.02. The lowest BCUT2D eigenvalue weighted by atomic mass is 10.1. The fourth-order valence-electron chi connectivity index (χ4n) is 5.37. The number of thioether (sulfide) groups is 1. The van der Waals surface area contributed by atoms with Gasteiger partial charge in [0.15, 0.2) is 5.16 Å². The number of fused-ring (bicyclic) bond motifs is 4. The van der Waals surface area contributed by atoms with E-state index < -0.39 is 5.97 Å². The van der Waals surface area contributed by atoms with Crippen LogP contribution in [0, 0.1) is 0 Å². The largest absolute Gasteiger partial charge is 0.465 e. The van der Waals surface area contributed by atoms with Gasteiger partial charge >= 0.3 is 5.97 Å². The highest BCUT2D eigenvalue weighted by Gasteiger charge is 2.28. The maximum Gasteiger partial charge on any atom is 0.341 e. The molecule has 0 saturated carbocycles. The molecule has 2 aliphatic carbocycles. The third kappa shape index (κ3) is 4.58. The highest BCUT2D eigenvalue weighted by Crippen LogP contribution is 2.40. The molecule has 3 heterocycles. The Morgan fingerprint density at radius 3 is 2.55 bits per heavy atom. The molecule has 0 unspecified atom stereocenters. The van der Waals surface area contributed by atoms with Gasteiger partial charge in [0.25, 0.3) is 5.56 Å². The second-order valence-electron chi connectivity index (χ2n) is 9.50. The Morgan fingerprint density at radius 1 is 1.00 bits per heavy atom. The van der Waals surface area contributed by atoms with Gasteiger partial charge in [-0.15, -0.1) is 22.7 Å². The van der Waals surface area contributed by atoms with E-state index in [1.807, 2.05) is 30.3 Å². The second kappa shape index (κ2) is 10.7. The first-order valence-corrected chi connectivity index (χ1v) is 15.4. The van der Waals surface area contributed by atoms with Crippen LogP contribution in [-0.2, 0) is 35.2 Å². The summed E-state index contributed by atoms with van der Waals surface area (Å²) in [6, 6.07) is 9.48. The number of aryl methyl sites for hydroxylation is 3. The van der Waals surface area contributed by atoms with Gasteiger partial charge < -0.3 is 10.1 Å². The van der Waals surface area contributed by atoms with Crippen molar-refractivity contribution in [2.24, 2.45) is 0 Å². The molecule has 3 aromatic heterocycles.